The fourth-order valence-electron chi connectivity index (χ4n) is 5.05. The number of carbonyl (C=O) groups excluding carboxylic acids is 4. The first-order valence-corrected chi connectivity index (χ1v) is 12.7. The number of esters is 1. The molecule has 0 bridgehead atoms. The van der Waals surface area contributed by atoms with Gasteiger partial charge in [-0.3, -0.25) is 14.5 Å². The fraction of sp³-hybridized carbons (Fsp3) is 0.667. The van der Waals surface area contributed by atoms with Crippen molar-refractivity contribution in [1.29, 1.82) is 0 Å². The Morgan fingerprint density at radius 3 is 2.55 bits per heavy atom. The molecule has 33 heavy (non-hydrogen) atoms. The SMILES string of the molecule is CC1CCC2(CC1)NC(=O)N(CC(=O)Nc1sc3c(c1C(=O)OC(C)C)CC[C@@H](C)C3)C2=O. The highest BCUT2D eigenvalue weighted by Gasteiger charge is 2.52. The lowest BCUT2D eigenvalue weighted by atomic mass is 9.77. The Morgan fingerprint density at radius 2 is 1.88 bits per heavy atom. The van der Waals surface area contributed by atoms with Crippen LogP contribution in [0.4, 0.5) is 9.80 Å². The van der Waals surface area contributed by atoms with E-state index in [0.717, 1.165) is 47.4 Å². The van der Waals surface area contributed by atoms with Gasteiger partial charge in [-0.05, 0) is 76.2 Å². The van der Waals surface area contributed by atoms with Gasteiger partial charge in [-0.1, -0.05) is 13.8 Å². The average molecular weight is 476 g/mol. The van der Waals surface area contributed by atoms with Crippen LogP contribution < -0.4 is 10.6 Å². The third-order valence-corrected chi connectivity index (χ3v) is 8.16. The summed E-state index contributed by atoms with van der Waals surface area (Å²) in [6.07, 6.45) is 5.24. The lowest BCUT2D eigenvalue weighted by Gasteiger charge is -2.33. The van der Waals surface area contributed by atoms with Crippen LogP contribution in [-0.4, -0.2) is 46.9 Å². The molecule has 4 amide bonds. The number of fused-ring (bicyclic) bond motifs is 1. The maximum atomic E-state index is 13.1. The summed E-state index contributed by atoms with van der Waals surface area (Å²) in [4.78, 5) is 53.5. The molecule has 2 heterocycles. The summed E-state index contributed by atoms with van der Waals surface area (Å²) in [5.41, 5.74) is 0.483. The second-order valence-electron chi connectivity index (χ2n) is 10.1. The highest BCUT2D eigenvalue weighted by atomic mass is 32.1. The van der Waals surface area contributed by atoms with Gasteiger partial charge in [0.25, 0.3) is 5.91 Å². The fourth-order valence-corrected chi connectivity index (χ4v) is 6.47. The Bertz CT molecular complexity index is 977. The molecule has 1 spiro atoms. The number of nitrogens with zero attached hydrogens (tertiary/aromatic N) is 1. The highest BCUT2D eigenvalue weighted by Crippen LogP contribution is 2.40. The maximum Gasteiger partial charge on any atom is 0.341 e. The Kier molecular flexibility index (Phi) is 6.53. The molecule has 1 saturated carbocycles. The summed E-state index contributed by atoms with van der Waals surface area (Å²) < 4.78 is 5.45. The number of amides is 4. The summed E-state index contributed by atoms with van der Waals surface area (Å²) in [5, 5.41) is 6.09. The van der Waals surface area contributed by atoms with Crippen LogP contribution in [0.2, 0.25) is 0 Å². The van der Waals surface area contributed by atoms with Gasteiger partial charge in [0.15, 0.2) is 0 Å². The predicted molar refractivity (Wildman–Crippen MR) is 125 cm³/mol. The Morgan fingerprint density at radius 1 is 1.18 bits per heavy atom. The first kappa shape index (κ1) is 23.7. The number of hydrogen-bond acceptors (Lipinski definition) is 6. The third-order valence-electron chi connectivity index (χ3n) is 6.99. The summed E-state index contributed by atoms with van der Waals surface area (Å²) in [6, 6.07) is -0.525. The molecule has 1 atom stereocenters. The first-order chi connectivity index (χ1) is 15.6. The van der Waals surface area contributed by atoms with Crippen LogP contribution in [-0.2, 0) is 27.2 Å². The molecule has 4 rings (SSSR count). The second kappa shape index (κ2) is 9.08. The molecule has 1 saturated heterocycles. The van der Waals surface area contributed by atoms with Crippen LogP contribution in [0, 0.1) is 11.8 Å². The van der Waals surface area contributed by atoms with E-state index in [4.69, 9.17) is 4.74 Å². The Labute approximate surface area is 198 Å². The first-order valence-electron chi connectivity index (χ1n) is 11.9. The van der Waals surface area contributed by atoms with Gasteiger partial charge < -0.3 is 15.4 Å². The molecule has 9 heteroatoms. The van der Waals surface area contributed by atoms with Crippen molar-refractivity contribution >= 4 is 40.2 Å². The number of nitrogens with one attached hydrogen (secondary N) is 2. The van der Waals surface area contributed by atoms with Gasteiger partial charge in [0.2, 0.25) is 5.91 Å². The molecule has 8 nitrogen and oxygen atoms in total. The second-order valence-corrected chi connectivity index (χ2v) is 11.2. The monoisotopic (exact) mass is 475 g/mol. The minimum absolute atomic E-state index is 0.278. The molecular weight excluding hydrogens is 442 g/mol. The number of rotatable bonds is 5. The van der Waals surface area contributed by atoms with Gasteiger partial charge >= 0.3 is 12.0 Å². The van der Waals surface area contributed by atoms with Crippen LogP contribution in [0.1, 0.15) is 80.6 Å². The summed E-state index contributed by atoms with van der Waals surface area (Å²) in [6.45, 7) is 7.52. The van der Waals surface area contributed by atoms with Crippen molar-refractivity contribution in [2.45, 2.75) is 84.3 Å². The number of anilines is 1. The minimum Gasteiger partial charge on any atom is -0.459 e. The quantitative estimate of drug-likeness (QED) is 0.497. The van der Waals surface area contributed by atoms with Crippen molar-refractivity contribution in [2.75, 3.05) is 11.9 Å². The van der Waals surface area contributed by atoms with Crippen LogP contribution in [0.25, 0.3) is 0 Å². The van der Waals surface area contributed by atoms with Crippen LogP contribution in [0.15, 0.2) is 0 Å². The molecule has 0 aromatic carbocycles. The molecule has 2 aliphatic carbocycles. The molecule has 0 unspecified atom stereocenters. The van der Waals surface area contributed by atoms with Crippen molar-refractivity contribution in [1.82, 2.24) is 10.2 Å². The zero-order valence-corrected chi connectivity index (χ0v) is 20.6. The van der Waals surface area contributed by atoms with E-state index >= 15 is 0 Å². The van der Waals surface area contributed by atoms with Gasteiger partial charge in [-0.15, -0.1) is 11.3 Å². The van der Waals surface area contributed by atoms with Crippen LogP contribution in [0.5, 0.6) is 0 Å². The lowest BCUT2D eigenvalue weighted by Crippen LogP contribution is -2.49. The van der Waals surface area contributed by atoms with Crippen molar-refractivity contribution in [3.8, 4) is 0 Å². The molecule has 1 aliphatic heterocycles. The van der Waals surface area contributed by atoms with Gasteiger partial charge in [-0.25, -0.2) is 9.59 Å². The van der Waals surface area contributed by atoms with Crippen LogP contribution >= 0.6 is 11.3 Å². The van der Waals surface area contributed by atoms with E-state index in [1.807, 2.05) is 0 Å². The van der Waals surface area contributed by atoms with Gasteiger partial charge in [0, 0.05) is 4.88 Å². The number of hydrogen-bond donors (Lipinski definition) is 2. The van der Waals surface area contributed by atoms with E-state index in [2.05, 4.69) is 24.5 Å². The molecule has 0 radical (unpaired) electrons. The van der Waals surface area contributed by atoms with Gasteiger partial charge in [0.1, 0.15) is 17.1 Å². The summed E-state index contributed by atoms with van der Waals surface area (Å²) in [5.74, 6) is -0.237. The van der Waals surface area contributed by atoms with E-state index in [0.29, 0.717) is 35.2 Å². The molecule has 2 fully saturated rings. The molecule has 1 aromatic rings. The topological polar surface area (TPSA) is 105 Å². The minimum atomic E-state index is -0.881. The number of imide groups is 1. The summed E-state index contributed by atoms with van der Waals surface area (Å²) >= 11 is 1.39. The smallest absolute Gasteiger partial charge is 0.341 e. The molecule has 3 aliphatic rings. The Balaban J connectivity index is 1.51. The van der Waals surface area contributed by atoms with E-state index in [9.17, 15) is 19.2 Å². The van der Waals surface area contributed by atoms with Crippen molar-refractivity contribution < 1.29 is 23.9 Å². The highest BCUT2D eigenvalue weighted by molar-refractivity contribution is 7.17. The van der Waals surface area contributed by atoms with E-state index in [1.54, 1.807) is 13.8 Å². The number of urea groups is 1. The van der Waals surface area contributed by atoms with Crippen LogP contribution in [0.3, 0.4) is 0 Å². The maximum absolute atomic E-state index is 13.1. The molecule has 1 aromatic heterocycles. The number of thiophene rings is 1. The molecule has 180 valence electrons. The van der Waals surface area contributed by atoms with Gasteiger partial charge in [0.05, 0.1) is 11.7 Å². The number of ether oxygens (including phenoxy) is 1. The zero-order chi connectivity index (χ0) is 23.9. The van der Waals surface area contributed by atoms with E-state index in [1.165, 1.54) is 11.3 Å². The molecule has 2 N–H and O–H groups in total. The largest absolute Gasteiger partial charge is 0.459 e. The van der Waals surface area contributed by atoms with Crippen molar-refractivity contribution in [3.63, 3.8) is 0 Å². The van der Waals surface area contributed by atoms with E-state index < -0.39 is 23.4 Å². The summed E-state index contributed by atoms with van der Waals surface area (Å²) in [7, 11) is 0. The Hall–Kier alpha value is -2.42. The standard InChI is InChI=1S/C24H33N3O5S/c1-13(2)32-21(29)19-16-6-5-15(4)11-17(16)33-20(19)25-18(28)12-27-22(30)24(26-23(27)31)9-7-14(3)8-10-24/h13-15H,5-12H2,1-4H3,(H,25,28)(H,26,31)/t14?,15-,24?/m1/s1. The van der Waals surface area contributed by atoms with Gasteiger partial charge in [-0.2, -0.15) is 0 Å². The molecular formula is C24H33N3O5S. The average Bonchev–Trinajstić information content (AvgIpc) is 3.19. The third kappa shape index (κ3) is 4.65. The lowest BCUT2D eigenvalue weighted by molar-refractivity contribution is -0.135. The van der Waals surface area contributed by atoms with Crippen molar-refractivity contribution in [2.24, 2.45) is 11.8 Å². The number of carbonyl (C=O) groups is 4. The van der Waals surface area contributed by atoms with E-state index in [-0.39, 0.29) is 18.6 Å². The normalized spacial score (nSPS) is 27.0. The zero-order valence-electron chi connectivity index (χ0n) is 19.8. The predicted octanol–water partition coefficient (Wildman–Crippen LogP) is 3.88. The van der Waals surface area contributed by atoms with Crippen molar-refractivity contribution in [3.05, 3.63) is 16.0 Å².